The van der Waals surface area contributed by atoms with Crippen LogP contribution >= 0.6 is 0 Å². The molecular formula is C12H13N3O. The summed E-state index contributed by atoms with van der Waals surface area (Å²) in [5.74, 6) is 0.593. The van der Waals surface area contributed by atoms with E-state index in [0.29, 0.717) is 12.4 Å². The lowest BCUT2D eigenvalue weighted by molar-refractivity contribution is 0.398. The van der Waals surface area contributed by atoms with Crippen molar-refractivity contribution in [2.75, 3.05) is 7.11 Å². The Morgan fingerprint density at radius 3 is 2.88 bits per heavy atom. The van der Waals surface area contributed by atoms with Crippen molar-refractivity contribution in [3.05, 3.63) is 42.4 Å². The average molecular weight is 215 g/mol. The zero-order valence-corrected chi connectivity index (χ0v) is 9.05. The second kappa shape index (κ2) is 4.72. The summed E-state index contributed by atoms with van der Waals surface area (Å²) in [6, 6.07) is 5.80. The maximum absolute atomic E-state index is 5.58. The van der Waals surface area contributed by atoms with Gasteiger partial charge < -0.3 is 10.5 Å². The summed E-state index contributed by atoms with van der Waals surface area (Å²) in [5.41, 5.74) is 8.62. The summed E-state index contributed by atoms with van der Waals surface area (Å²) in [7, 11) is 1.60. The lowest BCUT2D eigenvalue weighted by atomic mass is 10.1. The number of pyridine rings is 2. The van der Waals surface area contributed by atoms with Crippen LogP contribution < -0.4 is 10.5 Å². The Morgan fingerprint density at radius 1 is 1.25 bits per heavy atom. The summed E-state index contributed by atoms with van der Waals surface area (Å²) < 4.78 is 5.08. The van der Waals surface area contributed by atoms with Crippen LogP contribution in [0.15, 0.2) is 36.8 Å². The number of nitrogens with two attached hydrogens (primary N) is 1. The lowest BCUT2D eigenvalue weighted by Gasteiger charge is -2.04. The van der Waals surface area contributed by atoms with Crippen molar-refractivity contribution in [3.63, 3.8) is 0 Å². The Morgan fingerprint density at radius 2 is 2.12 bits per heavy atom. The Hall–Kier alpha value is -1.94. The Labute approximate surface area is 94.1 Å². The highest BCUT2D eigenvalue weighted by Gasteiger charge is 2.01. The molecule has 0 radical (unpaired) electrons. The van der Waals surface area contributed by atoms with Gasteiger partial charge in [-0.2, -0.15) is 0 Å². The summed E-state index contributed by atoms with van der Waals surface area (Å²) in [6.07, 6.45) is 5.28. The van der Waals surface area contributed by atoms with Crippen LogP contribution in [0, 0.1) is 0 Å². The third kappa shape index (κ3) is 2.17. The quantitative estimate of drug-likeness (QED) is 0.845. The molecule has 0 fully saturated rings. The summed E-state index contributed by atoms with van der Waals surface area (Å²) in [6.45, 7) is 0.489. The molecule has 2 aromatic rings. The molecule has 82 valence electrons. The number of nitrogens with zero attached hydrogens (tertiary/aromatic N) is 2. The van der Waals surface area contributed by atoms with E-state index in [4.69, 9.17) is 10.5 Å². The molecule has 0 amide bonds. The molecule has 0 aliphatic carbocycles. The highest BCUT2D eigenvalue weighted by atomic mass is 16.5. The zero-order valence-electron chi connectivity index (χ0n) is 9.05. The zero-order chi connectivity index (χ0) is 11.4. The van der Waals surface area contributed by atoms with Gasteiger partial charge in [0.2, 0.25) is 5.88 Å². The smallest absolute Gasteiger partial charge is 0.213 e. The van der Waals surface area contributed by atoms with Crippen molar-refractivity contribution >= 4 is 0 Å². The first-order valence-electron chi connectivity index (χ1n) is 4.98. The van der Waals surface area contributed by atoms with Crippen LogP contribution in [0.2, 0.25) is 0 Å². The molecule has 0 saturated carbocycles. The van der Waals surface area contributed by atoms with E-state index < -0.39 is 0 Å². The SMILES string of the molecule is COc1cc(-c2cncc(CN)c2)ccn1. The van der Waals surface area contributed by atoms with E-state index in [2.05, 4.69) is 9.97 Å². The monoisotopic (exact) mass is 215 g/mol. The molecule has 0 spiro atoms. The van der Waals surface area contributed by atoms with Crippen molar-refractivity contribution in [1.29, 1.82) is 0 Å². The third-order valence-electron chi connectivity index (χ3n) is 2.31. The van der Waals surface area contributed by atoms with Gasteiger partial charge in [-0.25, -0.2) is 4.98 Å². The van der Waals surface area contributed by atoms with Gasteiger partial charge in [0.05, 0.1) is 7.11 Å². The van der Waals surface area contributed by atoms with Gasteiger partial charge in [0.1, 0.15) is 0 Å². The van der Waals surface area contributed by atoms with Crippen molar-refractivity contribution in [1.82, 2.24) is 9.97 Å². The highest BCUT2D eigenvalue weighted by Crippen LogP contribution is 2.21. The van der Waals surface area contributed by atoms with E-state index >= 15 is 0 Å². The normalized spacial score (nSPS) is 10.1. The van der Waals surface area contributed by atoms with Gasteiger partial charge in [0.25, 0.3) is 0 Å². The van der Waals surface area contributed by atoms with Gasteiger partial charge >= 0.3 is 0 Å². The highest BCUT2D eigenvalue weighted by molar-refractivity contribution is 5.63. The van der Waals surface area contributed by atoms with Crippen LogP contribution in [-0.2, 0) is 6.54 Å². The van der Waals surface area contributed by atoms with Crippen LogP contribution in [0.4, 0.5) is 0 Å². The standard InChI is InChI=1S/C12H13N3O/c1-16-12-5-10(2-3-15-12)11-4-9(6-13)7-14-8-11/h2-5,7-8H,6,13H2,1H3. The summed E-state index contributed by atoms with van der Waals surface area (Å²) in [4.78, 5) is 8.20. The molecule has 16 heavy (non-hydrogen) atoms. The van der Waals surface area contributed by atoms with Crippen LogP contribution in [0.25, 0.3) is 11.1 Å². The fourth-order valence-corrected chi connectivity index (χ4v) is 1.46. The van der Waals surface area contributed by atoms with Crippen molar-refractivity contribution in [3.8, 4) is 17.0 Å². The molecule has 4 nitrogen and oxygen atoms in total. The Kier molecular flexibility index (Phi) is 3.12. The van der Waals surface area contributed by atoms with E-state index in [0.717, 1.165) is 16.7 Å². The van der Waals surface area contributed by atoms with E-state index in [1.165, 1.54) is 0 Å². The molecule has 2 aromatic heterocycles. The van der Waals surface area contributed by atoms with Crippen LogP contribution in [-0.4, -0.2) is 17.1 Å². The van der Waals surface area contributed by atoms with Crippen LogP contribution in [0.3, 0.4) is 0 Å². The number of hydrogen-bond acceptors (Lipinski definition) is 4. The topological polar surface area (TPSA) is 61.0 Å². The van der Waals surface area contributed by atoms with Crippen molar-refractivity contribution < 1.29 is 4.74 Å². The molecule has 0 aliphatic rings. The second-order valence-electron chi connectivity index (χ2n) is 3.37. The molecule has 0 saturated heterocycles. The fraction of sp³-hybridized carbons (Fsp3) is 0.167. The maximum atomic E-state index is 5.58. The number of ether oxygens (including phenoxy) is 1. The minimum atomic E-state index is 0.489. The van der Waals surface area contributed by atoms with Gasteiger partial charge in [0, 0.05) is 36.8 Å². The minimum absolute atomic E-state index is 0.489. The molecule has 0 atom stereocenters. The molecule has 2 heterocycles. The maximum Gasteiger partial charge on any atom is 0.213 e. The first-order chi connectivity index (χ1) is 7.83. The van der Waals surface area contributed by atoms with Crippen molar-refractivity contribution in [2.45, 2.75) is 6.54 Å². The number of methoxy groups -OCH3 is 1. The van der Waals surface area contributed by atoms with E-state index in [9.17, 15) is 0 Å². The molecule has 0 aliphatic heterocycles. The summed E-state index contributed by atoms with van der Waals surface area (Å²) in [5, 5.41) is 0. The number of aromatic nitrogens is 2. The number of rotatable bonds is 3. The molecular weight excluding hydrogens is 202 g/mol. The predicted molar refractivity (Wildman–Crippen MR) is 61.9 cm³/mol. The number of hydrogen-bond donors (Lipinski definition) is 1. The Balaban J connectivity index is 2.41. The van der Waals surface area contributed by atoms with Crippen LogP contribution in [0.1, 0.15) is 5.56 Å². The first-order valence-corrected chi connectivity index (χ1v) is 4.98. The van der Waals surface area contributed by atoms with E-state index in [-0.39, 0.29) is 0 Å². The molecule has 0 bridgehead atoms. The average Bonchev–Trinajstić information content (AvgIpc) is 2.39. The van der Waals surface area contributed by atoms with Gasteiger partial charge in [-0.05, 0) is 23.3 Å². The summed E-state index contributed by atoms with van der Waals surface area (Å²) >= 11 is 0. The molecule has 0 aromatic carbocycles. The molecule has 2 N–H and O–H groups in total. The second-order valence-corrected chi connectivity index (χ2v) is 3.37. The van der Waals surface area contributed by atoms with E-state index in [1.54, 1.807) is 25.7 Å². The third-order valence-corrected chi connectivity index (χ3v) is 2.31. The van der Waals surface area contributed by atoms with Gasteiger partial charge in [-0.1, -0.05) is 0 Å². The first kappa shape index (κ1) is 10.6. The van der Waals surface area contributed by atoms with E-state index in [1.807, 2.05) is 18.2 Å². The molecule has 4 heteroatoms. The Bertz CT molecular complexity index is 440. The van der Waals surface area contributed by atoms with Gasteiger partial charge in [0.15, 0.2) is 0 Å². The minimum Gasteiger partial charge on any atom is -0.481 e. The molecule has 0 unspecified atom stereocenters. The largest absolute Gasteiger partial charge is 0.481 e. The molecule has 2 rings (SSSR count). The van der Waals surface area contributed by atoms with Gasteiger partial charge in [-0.15, -0.1) is 0 Å². The van der Waals surface area contributed by atoms with Crippen molar-refractivity contribution in [2.24, 2.45) is 5.73 Å². The fourth-order valence-electron chi connectivity index (χ4n) is 1.46. The lowest BCUT2D eigenvalue weighted by Crippen LogP contribution is -1.97. The van der Waals surface area contributed by atoms with Crippen LogP contribution in [0.5, 0.6) is 5.88 Å². The predicted octanol–water partition coefficient (Wildman–Crippen LogP) is 1.61. The van der Waals surface area contributed by atoms with Gasteiger partial charge in [-0.3, -0.25) is 4.98 Å².